The highest BCUT2D eigenvalue weighted by atomic mass is 35.5. The zero-order valence-electron chi connectivity index (χ0n) is 14.0. The molecule has 128 valence electrons. The smallest absolute Gasteiger partial charge is 0.261 e. The summed E-state index contributed by atoms with van der Waals surface area (Å²) in [6.45, 7) is 3.52. The Hall–Kier alpha value is -2.66. The Morgan fingerprint density at radius 1 is 1.24 bits per heavy atom. The average molecular weight is 356 g/mol. The van der Waals surface area contributed by atoms with E-state index in [1.54, 1.807) is 31.2 Å². The molecule has 0 spiro atoms. The minimum absolute atomic E-state index is 0.0760. The lowest BCUT2D eigenvalue weighted by atomic mass is 10.1. The van der Waals surface area contributed by atoms with Crippen LogP contribution in [-0.4, -0.2) is 15.5 Å². The Morgan fingerprint density at radius 3 is 2.76 bits per heavy atom. The van der Waals surface area contributed by atoms with E-state index < -0.39 is 0 Å². The van der Waals surface area contributed by atoms with Crippen LogP contribution >= 0.6 is 11.6 Å². The number of fused-ring (bicyclic) bond motifs is 1. The number of nitrogens with one attached hydrogen (secondary N) is 1. The van der Waals surface area contributed by atoms with Gasteiger partial charge in [-0.05, 0) is 43.7 Å². The van der Waals surface area contributed by atoms with Crippen LogP contribution in [0.4, 0.5) is 0 Å². The molecular weight excluding hydrogens is 338 g/mol. The van der Waals surface area contributed by atoms with Crippen LogP contribution in [0.5, 0.6) is 0 Å². The average Bonchev–Trinajstić information content (AvgIpc) is 2.58. The Morgan fingerprint density at radius 2 is 2.00 bits per heavy atom. The number of hydrogen-bond acceptors (Lipinski definition) is 3. The highest BCUT2D eigenvalue weighted by Crippen LogP contribution is 2.17. The van der Waals surface area contributed by atoms with Crippen LogP contribution in [0.15, 0.2) is 53.3 Å². The molecule has 0 radical (unpaired) electrons. The van der Waals surface area contributed by atoms with Gasteiger partial charge in [0.25, 0.3) is 5.56 Å². The summed E-state index contributed by atoms with van der Waals surface area (Å²) in [5, 5.41) is 4.01. The topological polar surface area (TPSA) is 64.0 Å². The molecule has 0 aliphatic heterocycles. The van der Waals surface area contributed by atoms with Crippen molar-refractivity contribution in [2.45, 2.75) is 26.4 Å². The molecule has 3 rings (SSSR count). The van der Waals surface area contributed by atoms with Crippen LogP contribution in [0.25, 0.3) is 10.9 Å². The van der Waals surface area contributed by atoms with Gasteiger partial charge in [-0.3, -0.25) is 14.2 Å². The van der Waals surface area contributed by atoms with Gasteiger partial charge in [0, 0.05) is 5.02 Å². The Bertz CT molecular complexity index is 997. The zero-order chi connectivity index (χ0) is 18.0. The molecule has 0 aliphatic rings. The maximum Gasteiger partial charge on any atom is 0.261 e. The molecule has 0 bridgehead atoms. The molecule has 25 heavy (non-hydrogen) atoms. The maximum absolute atomic E-state index is 12.6. The van der Waals surface area contributed by atoms with E-state index in [0.717, 1.165) is 5.56 Å². The van der Waals surface area contributed by atoms with Gasteiger partial charge in [-0.2, -0.15) is 0 Å². The standard InChI is InChI=1S/C19H18ClN3O2/c1-12(14-6-5-7-15(20)10-14)21-18(24)11-23-13(2)22-17-9-4-3-8-16(17)19(23)25/h3-10,12H,11H2,1-2H3,(H,21,24)/t12-/m0/s1. The van der Waals surface area contributed by atoms with Crippen molar-refractivity contribution in [1.29, 1.82) is 0 Å². The summed E-state index contributed by atoms with van der Waals surface area (Å²) < 4.78 is 1.39. The third-order valence-electron chi connectivity index (χ3n) is 4.08. The van der Waals surface area contributed by atoms with Crippen molar-refractivity contribution in [2.24, 2.45) is 0 Å². The Labute approximate surface area is 150 Å². The molecule has 1 amide bonds. The number of halogens is 1. The first-order valence-electron chi connectivity index (χ1n) is 7.96. The van der Waals surface area contributed by atoms with Gasteiger partial charge in [0.05, 0.1) is 16.9 Å². The molecule has 0 fully saturated rings. The Kier molecular flexibility index (Phi) is 4.86. The molecule has 0 aliphatic carbocycles. The van der Waals surface area contributed by atoms with Gasteiger partial charge in [-0.25, -0.2) is 4.98 Å². The van der Waals surface area contributed by atoms with Gasteiger partial charge < -0.3 is 5.32 Å². The van der Waals surface area contributed by atoms with E-state index in [1.165, 1.54) is 4.57 Å². The number of carbonyl (C=O) groups is 1. The molecular formula is C19H18ClN3O2. The zero-order valence-corrected chi connectivity index (χ0v) is 14.7. The number of para-hydroxylation sites is 1. The van der Waals surface area contributed by atoms with Crippen molar-refractivity contribution in [3.63, 3.8) is 0 Å². The monoisotopic (exact) mass is 355 g/mol. The van der Waals surface area contributed by atoms with Crippen LogP contribution in [0.1, 0.15) is 24.4 Å². The number of rotatable bonds is 4. The van der Waals surface area contributed by atoms with Crippen LogP contribution in [-0.2, 0) is 11.3 Å². The molecule has 1 N–H and O–H groups in total. The maximum atomic E-state index is 12.6. The van der Waals surface area contributed by atoms with Gasteiger partial charge in [-0.15, -0.1) is 0 Å². The van der Waals surface area contributed by atoms with Crippen LogP contribution < -0.4 is 10.9 Å². The molecule has 1 atom stereocenters. The number of amides is 1. The van der Waals surface area contributed by atoms with Crippen molar-refractivity contribution in [3.8, 4) is 0 Å². The lowest BCUT2D eigenvalue weighted by Crippen LogP contribution is -2.35. The first-order valence-corrected chi connectivity index (χ1v) is 8.34. The number of aromatic nitrogens is 2. The summed E-state index contributed by atoms with van der Waals surface area (Å²) >= 11 is 5.99. The minimum atomic E-state index is -0.255. The fourth-order valence-corrected chi connectivity index (χ4v) is 2.95. The van der Waals surface area contributed by atoms with Crippen molar-refractivity contribution >= 4 is 28.4 Å². The van der Waals surface area contributed by atoms with Crippen LogP contribution in [0, 0.1) is 6.92 Å². The normalized spacial score (nSPS) is 12.1. The van der Waals surface area contributed by atoms with Gasteiger partial charge >= 0.3 is 0 Å². The minimum Gasteiger partial charge on any atom is -0.348 e. The number of benzene rings is 2. The summed E-state index contributed by atoms with van der Waals surface area (Å²) in [6.07, 6.45) is 0. The molecule has 2 aromatic carbocycles. The largest absolute Gasteiger partial charge is 0.348 e. The van der Waals surface area contributed by atoms with Crippen molar-refractivity contribution in [3.05, 3.63) is 75.3 Å². The van der Waals surface area contributed by atoms with E-state index in [1.807, 2.05) is 31.2 Å². The van der Waals surface area contributed by atoms with Gasteiger partial charge in [-0.1, -0.05) is 35.9 Å². The van der Waals surface area contributed by atoms with Crippen molar-refractivity contribution in [1.82, 2.24) is 14.9 Å². The summed E-state index contributed by atoms with van der Waals surface area (Å²) in [6, 6.07) is 14.2. The highest BCUT2D eigenvalue weighted by Gasteiger charge is 2.14. The molecule has 5 nitrogen and oxygen atoms in total. The lowest BCUT2D eigenvalue weighted by Gasteiger charge is -2.16. The summed E-state index contributed by atoms with van der Waals surface area (Å²) in [5.74, 6) is 0.254. The second-order valence-electron chi connectivity index (χ2n) is 5.91. The predicted molar refractivity (Wildman–Crippen MR) is 98.7 cm³/mol. The lowest BCUT2D eigenvalue weighted by molar-refractivity contribution is -0.122. The van der Waals surface area contributed by atoms with Gasteiger partial charge in [0.1, 0.15) is 12.4 Å². The van der Waals surface area contributed by atoms with Crippen molar-refractivity contribution < 1.29 is 4.79 Å². The fourth-order valence-electron chi connectivity index (χ4n) is 2.76. The molecule has 3 aromatic rings. The molecule has 0 saturated carbocycles. The van der Waals surface area contributed by atoms with Crippen molar-refractivity contribution in [2.75, 3.05) is 0 Å². The number of carbonyl (C=O) groups excluding carboxylic acids is 1. The van der Waals surface area contributed by atoms with Crippen LogP contribution in [0.2, 0.25) is 5.02 Å². The van der Waals surface area contributed by atoms with E-state index in [4.69, 9.17) is 11.6 Å². The molecule has 0 unspecified atom stereocenters. The first kappa shape index (κ1) is 17.2. The third kappa shape index (κ3) is 3.72. The van der Waals surface area contributed by atoms with Gasteiger partial charge in [0.2, 0.25) is 5.91 Å². The third-order valence-corrected chi connectivity index (χ3v) is 4.32. The molecule has 1 aromatic heterocycles. The molecule has 1 heterocycles. The highest BCUT2D eigenvalue weighted by molar-refractivity contribution is 6.30. The number of nitrogens with zero attached hydrogens (tertiary/aromatic N) is 2. The van der Waals surface area contributed by atoms with E-state index in [-0.39, 0.29) is 24.1 Å². The van der Waals surface area contributed by atoms with E-state index in [0.29, 0.717) is 21.7 Å². The summed E-state index contributed by atoms with van der Waals surface area (Å²) in [5.41, 5.74) is 1.32. The Balaban J connectivity index is 1.81. The second kappa shape index (κ2) is 7.07. The number of aryl methyl sites for hydroxylation is 1. The molecule has 0 saturated heterocycles. The number of hydrogen-bond donors (Lipinski definition) is 1. The van der Waals surface area contributed by atoms with Gasteiger partial charge in [0.15, 0.2) is 0 Å². The van der Waals surface area contributed by atoms with Crippen LogP contribution in [0.3, 0.4) is 0 Å². The quantitative estimate of drug-likeness (QED) is 0.781. The summed E-state index contributed by atoms with van der Waals surface area (Å²) in [4.78, 5) is 29.4. The predicted octanol–water partition coefficient (Wildman–Crippen LogP) is 3.24. The first-order chi connectivity index (χ1) is 12.0. The van der Waals surface area contributed by atoms with E-state index in [2.05, 4.69) is 10.3 Å². The van der Waals surface area contributed by atoms with E-state index >= 15 is 0 Å². The summed E-state index contributed by atoms with van der Waals surface area (Å²) in [7, 11) is 0. The SMILES string of the molecule is Cc1nc2ccccc2c(=O)n1CC(=O)N[C@@H](C)c1cccc(Cl)c1. The molecule has 6 heteroatoms. The second-order valence-corrected chi connectivity index (χ2v) is 6.35. The fraction of sp³-hybridized carbons (Fsp3) is 0.211. The van der Waals surface area contributed by atoms with E-state index in [9.17, 15) is 9.59 Å².